The third kappa shape index (κ3) is 3.38. The number of ether oxygens (including phenoxy) is 1. The summed E-state index contributed by atoms with van der Waals surface area (Å²) in [5, 5.41) is 3.69. The highest BCUT2D eigenvalue weighted by Crippen LogP contribution is 2.42. The molecule has 1 fully saturated rings. The second kappa shape index (κ2) is 6.27. The maximum Gasteiger partial charge on any atom is 0.0655 e. The van der Waals surface area contributed by atoms with Gasteiger partial charge in [0.05, 0.1) is 6.10 Å². The highest BCUT2D eigenvalue weighted by Gasteiger charge is 2.48. The topological polar surface area (TPSA) is 21.3 Å². The van der Waals surface area contributed by atoms with E-state index in [9.17, 15) is 0 Å². The molecule has 1 aliphatic rings. The highest BCUT2D eigenvalue weighted by molar-refractivity contribution is 7.98. The van der Waals surface area contributed by atoms with Crippen LogP contribution in [-0.4, -0.2) is 37.3 Å². The zero-order chi connectivity index (χ0) is 12.2. The van der Waals surface area contributed by atoms with Crippen LogP contribution in [0.5, 0.6) is 0 Å². The molecule has 1 N–H and O–H groups in total. The first-order valence-corrected chi connectivity index (χ1v) is 7.75. The molecule has 3 atom stereocenters. The molecule has 0 bridgehead atoms. The number of hydrogen-bond acceptors (Lipinski definition) is 3. The maximum absolute atomic E-state index is 5.73. The van der Waals surface area contributed by atoms with Crippen molar-refractivity contribution < 1.29 is 4.74 Å². The summed E-state index contributed by atoms with van der Waals surface area (Å²) < 4.78 is 5.73. The summed E-state index contributed by atoms with van der Waals surface area (Å²) in [6.45, 7) is 11.0. The molecule has 0 aliphatic heterocycles. The van der Waals surface area contributed by atoms with Gasteiger partial charge in [0.15, 0.2) is 0 Å². The first-order chi connectivity index (χ1) is 7.52. The Kier molecular flexibility index (Phi) is 5.62. The van der Waals surface area contributed by atoms with Crippen molar-refractivity contribution in [1.29, 1.82) is 0 Å². The number of thioether (sulfide) groups is 1. The fourth-order valence-corrected chi connectivity index (χ4v) is 3.09. The Labute approximate surface area is 105 Å². The van der Waals surface area contributed by atoms with Gasteiger partial charge in [-0.15, -0.1) is 0 Å². The lowest BCUT2D eigenvalue weighted by Gasteiger charge is -2.52. The van der Waals surface area contributed by atoms with Crippen molar-refractivity contribution >= 4 is 11.8 Å². The lowest BCUT2D eigenvalue weighted by Crippen LogP contribution is -2.61. The van der Waals surface area contributed by atoms with Crippen molar-refractivity contribution in [3.8, 4) is 0 Å². The summed E-state index contributed by atoms with van der Waals surface area (Å²) in [6.07, 6.45) is 3.80. The smallest absolute Gasteiger partial charge is 0.0655 e. The van der Waals surface area contributed by atoms with E-state index in [1.165, 1.54) is 12.2 Å². The molecule has 0 aromatic rings. The number of nitrogens with one attached hydrogen (secondary N) is 1. The van der Waals surface area contributed by atoms with Crippen LogP contribution in [0.25, 0.3) is 0 Å². The van der Waals surface area contributed by atoms with Crippen molar-refractivity contribution in [2.75, 3.05) is 25.2 Å². The minimum Gasteiger partial charge on any atom is -0.378 e. The molecule has 0 aromatic carbocycles. The van der Waals surface area contributed by atoms with Crippen molar-refractivity contribution in [1.82, 2.24) is 5.32 Å². The van der Waals surface area contributed by atoms with E-state index < -0.39 is 0 Å². The third-order valence-corrected chi connectivity index (χ3v) is 4.61. The Morgan fingerprint density at radius 1 is 1.50 bits per heavy atom. The monoisotopic (exact) mass is 245 g/mol. The van der Waals surface area contributed by atoms with Crippen LogP contribution in [0.4, 0.5) is 0 Å². The second-order valence-electron chi connectivity index (χ2n) is 5.52. The Morgan fingerprint density at radius 3 is 2.69 bits per heavy atom. The maximum atomic E-state index is 5.73. The highest BCUT2D eigenvalue weighted by atomic mass is 32.2. The van der Waals surface area contributed by atoms with E-state index in [1.54, 1.807) is 0 Å². The fourth-order valence-electron chi connectivity index (χ4n) is 2.40. The van der Waals surface area contributed by atoms with Gasteiger partial charge in [0.1, 0.15) is 0 Å². The molecule has 0 aromatic heterocycles. The molecule has 3 unspecified atom stereocenters. The molecule has 0 spiro atoms. The minimum atomic E-state index is 0.301. The quantitative estimate of drug-likeness (QED) is 0.745. The van der Waals surface area contributed by atoms with Crippen LogP contribution >= 0.6 is 11.8 Å². The molecule has 96 valence electrons. The first-order valence-electron chi connectivity index (χ1n) is 6.36. The van der Waals surface area contributed by atoms with Crippen LogP contribution in [-0.2, 0) is 4.74 Å². The summed E-state index contributed by atoms with van der Waals surface area (Å²) >= 11 is 1.93. The molecule has 3 heteroatoms. The number of hydrogen-bond donors (Lipinski definition) is 1. The molecule has 16 heavy (non-hydrogen) atoms. The summed E-state index contributed by atoms with van der Waals surface area (Å²) in [6, 6.07) is 0.633. The van der Waals surface area contributed by atoms with E-state index in [0.717, 1.165) is 19.1 Å². The van der Waals surface area contributed by atoms with E-state index in [4.69, 9.17) is 4.74 Å². The average molecular weight is 245 g/mol. The van der Waals surface area contributed by atoms with Crippen LogP contribution in [0.1, 0.15) is 34.1 Å². The normalized spacial score (nSPS) is 29.8. The molecule has 2 nitrogen and oxygen atoms in total. The minimum absolute atomic E-state index is 0.301. The van der Waals surface area contributed by atoms with Gasteiger partial charge in [-0.1, -0.05) is 20.8 Å². The van der Waals surface area contributed by atoms with E-state index >= 15 is 0 Å². The van der Waals surface area contributed by atoms with Crippen LogP contribution in [0.3, 0.4) is 0 Å². The summed E-state index contributed by atoms with van der Waals surface area (Å²) in [4.78, 5) is 0. The van der Waals surface area contributed by atoms with Gasteiger partial charge >= 0.3 is 0 Å². The van der Waals surface area contributed by atoms with Gasteiger partial charge in [-0.25, -0.2) is 0 Å². The van der Waals surface area contributed by atoms with Crippen molar-refractivity contribution in [2.45, 2.75) is 46.3 Å². The molecular formula is C13H27NOS. The van der Waals surface area contributed by atoms with Crippen LogP contribution in [0.15, 0.2) is 0 Å². The van der Waals surface area contributed by atoms with Gasteiger partial charge in [0, 0.05) is 18.1 Å². The van der Waals surface area contributed by atoms with Gasteiger partial charge in [0.2, 0.25) is 0 Å². The average Bonchev–Trinajstić information content (AvgIpc) is 2.22. The first kappa shape index (κ1) is 14.3. The summed E-state index contributed by atoms with van der Waals surface area (Å²) in [5.41, 5.74) is 0.301. The van der Waals surface area contributed by atoms with Crippen LogP contribution in [0.2, 0.25) is 0 Å². The van der Waals surface area contributed by atoms with E-state index in [1.807, 2.05) is 11.8 Å². The van der Waals surface area contributed by atoms with E-state index in [2.05, 4.69) is 39.3 Å². The van der Waals surface area contributed by atoms with E-state index in [0.29, 0.717) is 17.6 Å². The number of rotatable bonds is 7. The summed E-state index contributed by atoms with van der Waals surface area (Å²) in [7, 11) is 0. The molecule has 1 saturated carbocycles. The van der Waals surface area contributed by atoms with E-state index in [-0.39, 0.29) is 0 Å². The second-order valence-corrected chi connectivity index (χ2v) is 6.43. The van der Waals surface area contributed by atoms with Crippen LogP contribution in [0, 0.1) is 11.3 Å². The Balaban J connectivity index is 2.25. The lowest BCUT2D eigenvalue weighted by atomic mass is 9.64. The molecule has 1 rings (SSSR count). The standard InChI is InChI=1S/C13H27NOS/c1-6-15-12-7-11(13(12,3)4)14-8-10(2)9-16-5/h10-12,14H,6-9H2,1-5H3. The zero-order valence-corrected chi connectivity index (χ0v) is 12.2. The van der Waals surface area contributed by atoms with Crippen LogP contribution < -0.4 is 5.32 Å². The van der Waals surface area contributed by atoms with Gasteiger partial charge in [0.25, 0.3) is 0 Å². The van der Waals surface area contributed by atoms with Gasteiger partial charge in [-0.05, 0) is 37.8 Å². The Bertz CT molecular complexity index is 208. The molecule has 1 aliphatic carbocycles. The largest absolute Gasteiger partial charge is 0.378 e. The molecular weight excluding hydrogens is 218 g/mol. The Hall–Kier alpha value is 0.270. The van der Waals surface area contributed by atoms with Gasteiger partial charge in [-0.3, -0.25) is 0 Å². The lowest BCUT2D eigenvalue weighted by molar-refractivity contribution is -0.114. The van der Waals surface area contributed by atoms with Crippen molar-refractivity contribution in [3.63, 3.8) is 0 Å². The van der Waals surface area contributed by atoms with Gasteiger partial charge < -0.3 is 10.1 Å². The van der Waals surface area contributed by atoms with Crippen molar-refractivity contribution in [2.24, 2.45) is 11.3 Å². The predicted molar refractivity (Wildman–Crippen MR) is 73.1 cm³/mol. The molecule has 0 heterocycles. The molecule has 0 saturated heterocycles. The third-order valence-electron chi connectivity index (χ3n) is 3.71. The van der Waals surface area contributed by atoms with Gasteiger partial charge in [-0.2, -0.15) is 11.8 Å². The molecule has 0 amide bonds. The summed E-state index contributed by atoms with van der Waals surface area (Å²) in [5.74, 6) is 2.01. The predicted octanol–water partition coefficient (Wildman–Crippen LogP) is 2.78. The zero-order valence-electron chi connectivity index (χ0n) is 11.4. The molecule has 0 radical (unpaired) electrons. The SMILES string of the molecule is CCOC1CC(NCC(C)CSC)C1(C)C. The Morgan fingerprint density at radius 2 is 2.19 bits per heavy atom. The van der Waals surface area contributed by atoms with Crippen molar-refractivity contribution in [3.05, 3.63) is 0 Å². The fraction of sp³-hybridized carbons (Fsp3) is 1.00.